The van der Waals surface area contributed by atoms with E-state index in [0.717, 1.165) is 0 Å². The fraction of sp³-hybridized carbons (Fsp3) is 0.273. The molecular formula is C11H11NO4. The van der Waals surface area contributed by atoms with Gasteiger partial charge in [-0.05, 0) is 13.0 Å². The van der Waals surface area contributed by atoms with Crippen molar-refractivity contribution in [2.24, 2.45) is 0 Å². The first-order chi connectivity index (χ1) is 7.70. The first-order valence-corrected chi connectivity index (χ1v) is 4.65. The third-order valence-electron chi connectivity index (χ3n) is 1.71. The summed E-state index contributed by atoms with van der Waals surface area (Å²) in [6.45, 7) is 1.81. The Labute approximate surface area is 92.4 Å². The van der Waals surface area contributed by atoms with Crippen LogP contribution in [-0.2, 0) is 4.74 Å². The number of carbonyl (C=O) groups excluding carboxylic acids is 1. The average molecular weight is 221 g/mol. The maximum Gasteiger partial charge on any atom is 0.342 e. The predicted octanol–water partition coefficient (Wildman–Crippen LogP) is 0.564. The van der Waals surface area contributed by atoms with Crippen LogP contribution >= 0.6 is 0 Å². The highest BCUT2D eigenvalue weighted by atomic mass is 16.5. The topological polar surface area (TPSA) is 68.4 Å². The van der Waals surface area contributed by atoms with Gasteiger partial charge >= 0.3 is 5.97 Å². The van der Waals surface area contributed by atoms with E-state index in [-0.39, 0.29) is 24.5 Å². The molecule has 16 heavy (non-hydrogen) atoms. The molecule has 0 spiro atoms. The quantitative estimate of drug-likeness (QED) is 0.596. The molecule has 0 saturated carbocycles. The molecular weight excluding hydrogens is 210 g/mol. The van der Waals surface area contributed by atoms with Crippen LogP contribution in [0.4, 0.5) is 0 Å². The Hall–Kier alpha value is -2.22. The zero-order valence-electron chi connectivity index (χ0n) is 8.78. The number of aromatic nitrogens is 1. The highest BCUT2D eigenvalue weighted by Gasteiger charge is 2.16. The maximum absolute atomic E-state index is 11.5. The lowest BCUT2D eigenvalue weighted by Crippen LogP contribution is -2.17. The minimum atomic E-state index is -0.611. The number of H-pyrrole nitrogens is 1. The van der Waals surface area contributed by atoms with Crippen molar-refractivity contribution >= 4 is 5.97 Å². The Morgan fingerprint density at radius 1 is 1.62 bits per heavy atom. The smallest absolute Gasteiger partial charge is 0.342 e. The van der Waals surface area contributed by atoms with Crippen LogP contribution in [0.5, 0.6) is 5.75 Å². The summed E-state index contributed by atoms with van der Waals surface area (Å²) in [5.41, 5.74) is -0.443. The number of carbonyl (C=O) groups is 1. The van der Waals surface area contributed by atoms with E-state index in [1.807, 2.05) is 0 Å². The zero-order valence-corrected chi connectivity index (χ0v) is 8.78. The van der Waals surface area contributed by atoms with Gasteiger partial charge in [0, 0.05) is 6.20 Å². The number of rotatable bonds is 4. The lowest BCUT2D eigenvalue weighted by Gasteiger charge is -2.07. The van der Waals surface area contributed by atoms with Gasteiger partial charge < -0.3 is 14.5 Å². The molecule has 0 fully saturated rings. The highest BCUT2D eigenvalue weighted by molar-refractivity contribution is 5.92. The van der Waals surface area contributed by atoms with E-state index in [2.05, 4.69) is 10.9 Å². The van der Waals surface area contributed by atoms with Gasteiger partial charge in [-0.1, -0.05) is 5.92 Å². The third kappa shape index (κ3) is 2.64. The lowest BCUT2D eigenvalue weighted by atomic mass is 10.2. The predicted molar refractivity (Wildman–Crippen MR) is 57.3 cm³/mol. The Kier molecular flexibility index (Phi) is 4.16. The largest absolute Gasteiger partial charge is 0.474 e. The van der Waals surface area contributed by atoms with Gasteiger partial charge in [-0.15, -0.1) is 6.42 Å². The molecule has 1 heterocycles. The van der Waals surface area contributed by atoms with Gasteiger partial charge in [0.15, 0.2) is 5.75 Å². The summed E-state index contributed by atoms with van der Waals surface area (Å²) in [6, 6.07) is 1.41. The van der Waals surface area contributed by atoms with Crippen molar-refractivity contribution in [3.63, 3.8) is 0 Å². The van der Waals surface area contributed by atoms with Crippen molar-refractivity contribution in [1.82, 2.24) is 4.98 Å². The molecule has 5 nitrogen and oxygen atoms in total. The molecule has 1 aromatic rings. The molecule has 0 amide bonds. The third-order valence-corrected chi connectivity index (χ3v) is 1.71. The Bertz CT molecular complexity index is 470. The van der Waals surface area contributed by atoms with Gasteiger partial charge in [0.1, 0.15) is 12.2 Å². The van der Waals surface area contributed by atoms with Crippen LogP contribution in [-0.4, -0.2) is 24.2 Å². The van der Waals surface area contributed by atoms with Gasteiger partial charge in [-0.2, -0.15) is 0 Å². The second-order valence-electron chi connectivity index (χ2n) is 2.76. The SMILES string of the molecule is C#CCOc1c(C(=O)OCC)cc[nH]c1=O. The first kappa shape index (κ1) is 11.9. The Morgan fingerprint density at radius 2 is 2.38 bits per heavy atom. The van der Waals surface area contributed by atoms with Gasteiger partial charge in [-0.25, -0.2) is 4.79 Å². The van der Waals surface area contributed by atoms with Crippen LogP contribution in [0, 0.1) is 12.3 Å². The number of nitrogens with one attached hydrogen (secondary N) is 1. The molecule has 0 aliphatic heterocycles. The van der Waals surface area contributed by atoms with Gasteiger partial charge in [-0.3, -0.25) is 4.79 Å². The Morgan fingerprint density at radius 3 is 3.00 bits per heavy atom. The molecule has 0 unspecified atom stereocenters. The van der Waals surface area contributed by atoms with E-state index < -0.39 is 11.5 Å². The van der Waals surface area contributed by atoms with Crippen molar-refractivity contribution in [3.05, 3.63) is 28.2 Å². The van der Waals surface area contributed by atoms with E-state index in [4.69, 9.17) is 15.9 Å². The molecule has 0 saturated heterocycles. The summed E-state index contributed by atoms with van der Waals surface area (Å²) >= 11 is 0. The monoisotopic (exact) mass is 221 g/mol. The van der Waals surface area contributed by atoms with Crippen molar-refractivity contribution in [2.75, 3.05) is 13.2 Å². The zero-order chi connectivity index (χ0) is 12.0. The normalized spacial score (nSPS) is 9.25. The number of ether oxygens (including phenoxy) is 2. The molecule has 1 rings (SSSR count). The molecule has 0 bridgehead atoms. The van der Waals surface area contributed by atoms with Crippen LogP contribution < -0.4 is 10.3 Å². The average Bonchev–Trinajstić information content (AvgIpc) is 2.27. The number of terminal acetylenes is 1. The second kappa shape index (κ2) is 5.61. The molecule has 0 aliphatic carbocycles. The standard InChI is InChI=1S/C11H11NO4/c1-3-7-16-9-8(11(14)15-4-2)5-6-12-10(9)13/h1,5-6H,4,7H2,2H3,(H,12,13). The molecule has 1 N–H and O–H groups in total. The van der Waals surface area contributed by atoms with Crippen LogP contribution in [0.3, 0.4) is 0 Å². The maximum atomic E-state index is 11.5. The van der Waals surface area contributed by atoms with Crippen molar-refractivity contribution < 1.29 is 14.3 Å². The minimum Gasteiger partial charge on any atom is -0.474 e. The molecule has 0 radical (unpaired) electrons. The minimum absolute atomic E-state index is 0.0702. The van der Waals surface area contributed by atoms with Gasteiger partial charge in [0.2, 0.25) is 0 Å². The van der Waals surface area contributed by atoms with E-state index in [0.29, 0.717) is 0 Å². The van der Waals surface area contributed by atoms with Crippen LogP contribution in [0.2, 0.25) is 0 Å². The number of esters is 1. The Balaban J connectivity index is 3.08. The molecule has 1 aromatic heterocycles. The van der Waals surface area contributed by atoms with E-state index >= 15 is 0 Å². The van der Waals surface area contributed by atoms with E-state index in [1.165, 1.54) is 12.3 Å². The fourth-order valence-corrected chi connectivity index (χ4v) is 1.09. The molecule has 0 aliphatic rings. The number of aromatic amines is 1. The summed E-state index contributed by atoms with van der Waals surface area (Å²) in [6.07, 6.45) is 6.35. The van der Waals surface area contributed by atoms with Crippen LogP contribution in [0.25, 0.3) is 0 Å². The number of pyridine rings is 1. The van der Waals surface area contributed by atoms with Crippen molar-refractivity contribution in [3.8, 4) is 18.1 Å². The molecule has 0 aromatic carbocycles. The highest BCUT2D eigenvalue weighted by Crippen LogP contribution is 2.12. The number of hydrogen-bond acceptors (Lipinski definition) is 4. The van der Waals surface area contributed by atoms with Crippen LogP contribution in [0.1, 0.15) is 17.3 Å². The summed E-state index contributed by atoms with van der Waals surface area (Å²) < 4.78 is 9.78. The molecule has 0 atom stereocenters. The van der Waals surface area contributed by atoms with E-state index in [1.54, 1.807) is 6.92 Å². The number of hydrogen-bond donors (Lipinski definition) is 1. The van der Waals surface area contributed by atoms with Crippen LogP contribution in [0.15, 0.2) is 17.1 Å². The lowest BCUT2D eigenvalue weighted by molar-refractivity contribution is 0.0522. The summed E-state index contributed by atoms with van der Waals surface area (Å²) in [5.74, 6) is 1.49. The van der Waals surface area contributed by atoms with Crippen molar-refractivity contribution in [2.45, 2.75) is 6.92 Å². The first-order valence-electron chi connectivity index (χ1n) is 4.65. The summed E-state index contributed by atoms with van der Waals surface area (Å²) in [7, 11) is 0. The summed E-state index contributed by atoms with van der Waals surface area (Å²) in [5, 5.41) is 0. The fourth-order valence-electron chi connectivity index (χ4n) is 1.09. The molecule has 5 heteroatoms. The second-order valence-corrected chi connectivity index (χ2v) is 2.76. The van der Waals surface area contributed by atoms with Crippen molar-refractivity contribution in [1.29, 1.82) is 0 Å². The molecule has 84 valence electrons. The van der Waals surface area contributed by atoms with E-state index in [9.17, 15) is 9.59 Å². The summed E-state index contributed by atoms with van der Waals surface area (Å²) in [4.78, 5) is 25.3. The van der Waals surface area contributed by atoms with Gasteiger partial charge in [0.05, 0.1) is 6.61 Å². The van der Waals surface area contributed by atoms with Gasteiger partial charge in [0.25, 0.3) is 5.56 Å².